The number of rotatable bonds is 22. The Kier molecular flexibility index (Phi) is 20.1. The summed E-state index contributed by atoms with van der Waals surface area (Å²) >= 11 is 0. The van der Waals surface area contributed by atoms with E-state index in [1.807, 2.05) is 0 Å². The summed E-state index contributed by atoms with van der Waals surface area (Å²) < 4.78 is 20.8. The number of hydrogen-bond acceptors (Lipinski definition) is 9. The smallest absolute Gasteiger partial charge is 0.320 e. The number of ether oxygens (including phenoxy) is 4. The number of amides is 2. The number of unbranched alkanes of at least 4 members (excludes halogenated alkanes) is 1. The van der Waals surface area contributed by atoms with Gasteiger partial charge in [-0.2, -0.15) is 0 Å². The van der Waals surface area contributed by atoms with E-state index in [0.29, 0.717) is 71.9 Å². The molecule has 0 aromatic rings. The second-order valence-corrected chi connectivity index (χ2v) is 6.49. The van der Waals surface area contributed by atoms with Crippen molar-refractivity contribution in [1.29, 1.82) is 0 Å². The fourth-order valence-electron chi connectivity index (χ4n) is 2.31. The lowest BCUT2D eigenvalue weighted by atomic mass is 10.1. The number of nitrogens with one attached hydrogen (secondary N) is 3. The molecule has 0 rings (SSSR count). The van der Waals surface area contributed by atoms with Crippen molar-refractivity contribution in [2.45, 2.75) is 25.3 Å². The molecule has 31 heavy (non-hydrogen) atoms. The molecule has 0 saturated heterocycles. The van der Waals surface area contributed by atoms with E-state index in [0.717, 1.165) is 0 Å². The molecular weight excluding hydrogens is 412 g/mol. The Morgan fingerprint density at radius 2 is 1.35 bits per heavy atom. The van der Waals surface area contributed by atoms with Gasteiger partial charge in [0.15, 0.2) is 0 Å². The first-order valence-electron chi connectivity index (χ1n) is 10.5. The summed E-state index contributed by atoms with van der Waals surface area (Å²) in [6, 6.07) is -0.563. The lowest BCUT2D eigenvalue weighted by molar-refractivity contribution is -0.139. The number of hydrogen-bond donors (Lipinski definition) is 5. The molecule has 1 atom stereocenters. The first kappa shape index (κ1) is 29.2. The summed E-state index contributed by atoms with van der Waals surface area (Å²) in [5.41, 5.74) is 5.27. The largest absolute Gasteiger partial charge is 0.480 e. The molecule has 0 fully saturated rings. The highest BCUT2D eigenvalue weighted by Gasteiger charge is 2.13. The van der Waals surface area contributed by atoms with Crippen LogP contribution in [0.3, 0.4) is 0 Å². The number of aliphatic carboxylic acids is 1. The third-order valence-electron chi connectivity index (χ3n) is 3.93. The predicted molar refractivity (Wildman–Crippen MR) is 113 cm³/mol. The lowest BCUT2D eigenvalue weighted by Gasteiger charge is -2.11. The summed E-state index contributed by atoms with van der Waals surface area (Å²) in [4.78, 5) is 34.0. The van der Waals surface area contributed by atoms with E-state index in [-0.39, 0.29) is 31.6 Å². The van der Waals surface area contributed by atoms with E-state index >= 15 is 0 Å². The van der Waals surface area contributed by atoms with Crippen LogP contribution in [-0.2, 0) is 33.3 Å². The van der Waals surface area contributed by atoms with Crippen LogP contribution in [0.15, 0.2) is 0 Å². The number of nitrogens with two attached hydrogens (primary N) is 1. The zero-order chi connectivity index (χ0) is 23.2. The molecule has 0 aromatic carbocycles. The van der Waals surface area contributed by atoms with Gasteiger partial charge in [0.2, 0.25) is 11.8 Å². The Morgan fingerprint density at radius 3 is 1.90 bits per heavy atom. The Bertz CT molecular complexity index is 482. The highest BCUT2D eigenvalue weighted by molar-refractivity contribution is 5.77. The summed E-state index contributed by atoms with van der Waals surface area (Å²) in [5, 5.41) is 17.0. The molecule has 0 spiro atoms. The minimum absolute atomic E-state index is 0.0418. The standard InChI is InChI=1S/C19H38N4O8/c1-21-16(19(26)27)4-2-3-6-22-17(24)14-31-13-11-29-9-7-23-18(25)15-30-12-10-28-8-5-20/h16,21H,2-15,20H2,1H3,(H,22,24)(H,23,25)(H,26,27)/t16-/m0/s1. The maximum atomic E-state index is 11.6. The van der Waals surface area contributed by atoms with Crippen LogP contribution in [0.1, 0.15) is 19.3 Å². The van der Waals surface area contributed by atoms with Gasteiger partial charge in [-0.1, -0.05) is 0 Å². The monoisotopic (exact) mass is 450 g/mol. The molecule has 182 valence electrons. The van der Waals surface area contributed by atoms with Crippen LogP contribution in [0.2, 0.25) is 0 Å². The minimum Gasteiger partial charge on any atom is -0.480 e. The van der Waals surface area contributed by atoms with Gasteiger partial charge >= 0.3 is 5.97 Å². The van der Waals surface area contributed by atoms with E-state index < -0.39 is 12.0 Å². The van der Waals surface area contributed by atoms with Crippen molar-refractivity contribution in [3.05, 3.63) is 0 Å². The van der Waals surface area contributed by atoms with Crippen molar-refractivity contribution in [3.63, 3.8) is 0 Å². The van der Waals surface area contributed by atoms with Gasteiger partial charge in [0.05, 0.1) is 39.6 Å². The molecule has 12 nitrogen and oxygen atoms in total. The topological polar surface area (TPSA) is 170 Å². The molecule has 12 heteroatoms. The number of carbonyl (C=O) groups is 3. The average Bonchev–Trinajstić information content (AvgIpc) is 2.74. The van der Waals surface area contributed by atoms with Gasteiger partial charge in [-0.05, 0) is 26.3 Å². The van der Waals surface area contributed by atoms with Gasteiger partial charge < -0.3 is 45.7 Å². The third-order valence-corrected chi connectivity index (χ3v) is 3.93. The number of likely N-dealkylation sites (N-methyl/N-ethyl adjacent to an activating group) is 1. The molecule has 0 heterocycles. The van der Waals surface area contributed by atoms with Gasteiger partial charge in [-0.3, -0.25) is 14.4 Å². The first-order valence-corrected chi connectivity index (χ1v) is 10.5. The fourth-order valence-corrected chi connectivity index (χ4v) is 2.31. The van der Waals surface area contributed by atoms with Crippen LogP contribution in [0, 0.1) is 0 Å². The van der Waals surface area contributed by atoms with Crippen molar-refractivity contribution in [2.75, 3.05) is 79.5 Å². The Hall–Kier alpha value is -1.83. The normalized spacial score (nSPS) is 11.8. The molecule has 0 aliphatic rings. The Labute approximate surface area is 183 Å². The van der Waals surface area contributed by atoms with Crippen molar-refractivity contribution in [2.24, 2.45) is 5.73 Å². The van der Waals surface area contributed by atoms with Crippen molar-refractivity contribution < 1.29 is 38.4 Å². The van der Waals surface area contributed by atoms with Crippen LogP contribution < -0.4 is 21.7 Å². The van der Waals surface area contributed by atoms with Crippen molar-refractivity contribution in [3.8, 4) is 0 Å². The molecule has 0 aliphatic carbocycles. The highest BCUT2D eigenvalue weighted by Crippen LogP contribution is 2.00. The van der Waals surface area contributed by atoms with Crippen LogP contribution in [0.25, 0.3) is 0 Å². The fraction of sp³-hybridized carbons (Fsp3) is 0.842. The molecule has 0 unspecified atom stereocenters. The molecule has 6 N–H and O–H groups in total. The SMILES string of the molecule is CN[C@@H](CCCCNC(=O)COCCOCCNC(=O)COCCOCCN)C(=O)O. The first-order chi connectivity index (χ1) is 15.0. The summed E-state index contributed by atoms with van der Waals surface area (Å²) in [7, 11) is 1.61. The third kappa shape index (κ3) is 19.9. The summed E-state index contributed by atoms with van der Waals surface area (Å²) in [5.74, 6) is -1.34. The van der Waals surface area contributed by atoms with E-state index in [1.54, 1.807) is 7.05 Å². The predicted octanol–water partition coefficient (Wildman–Crippen LogP) is -1.91. The van der Waals surface area contributed by atoms with Gasteiger partial charge in [-0.25, -0.2) is 0 Å². The average molecular weight is 451 g/mol. The van der Waals surface area contributed by atoms with E-state index in [4.69, 9.17) is 29.8 Å². The minimum atomic E-state index is -0.876. The molecule has 2 amide bonds. The zero-order valence-corrected chi connectivity index (χ0v) is 18.4. The second kappa shape index (κ2) is 21.4. The van der Waals surface area contributed by atoms with E-state index in [1.165, 1.54) is 0 Å². The molecular formula is C19H38N4O8. The summed E-state index contributed by atoms with van der Waals surface area (Å²) in [6.07, 6.45) is 1.89. The number of carboxylic acids is 1. The Morgan fingerprint density at radius 1 is 0.806 bits per heavy atom. The molecule has 0 aliphatic heterocycles. The van der Waals surface area contributed by atoms with Gasteiger partial charge in [0.1, 0.15) is 19.3 Å². The van der Waals surface area contributed by atoms with E-state index in [2.05, 4.69) is 16.0 Å². The molecule has 0 radical (unpaired) electrons. The highest BCUT2D eigenvalue weighted by atomic mass is 16.5. The second-order valence-electron chi connectivity index (χ2n) is 6.49. The van der Waals surface area contributed by atoms with Gasteiger partial charge in [0.25, 0.3) is 0 Å². The maximum Gasteiger partial charge on any atom is 0.320 e. The van der Waals surface area contributed by atoms with Crippen molar-refractivity contribution in [1.82, 2.24) is 16.0 Å². The summed E-state index contributed by atoms with van der Waals surface area (Å²) in [6.45, 7) is 3.25. The van der Waals surface area contributed by atoms with Gasteiger partial charge in [-0.15, -0.1) is 0 Å². The van der Waals surface area contributed by atoms with Crippen LogP contribution in [0.4, 0.5) is 0 Å². The molecule has 0 saturated carbocycles. The number of carboxylic acid groups (broad SMARTS) is 1. The molecule has 0 bridgehead atoms. The zero-order valence-electron chi connectivity index (χ0n) is 18.4. The number of carbonyl (C=O) groups excluding carboxylic acids is 2. The van der Waals surface area contributed by atoms with E-state index in [9.17, 15) is 14.4 Å². The van der Waals surface area contributed by atoms with Crippen LogP contribution >= 0.6 is 0 Å². The van der Waals surface area contributed by atoms with Crippen LogP contribution in [-0.4, -0.2) is 108 Å². The quantitative estimate of drug-likeness (QED) is 0.117. The Balaban J connectivity index is 3.38. The molecule has 0 aromatic heterocycles. The lowest BCUT2D eigenvalue weighted by Crippen LogP contribution is -2.34. The van der Waals surface area contributed by atoms with Crippen molar-refractivity contribution >= 4 is 17.8 Å². The maximum absolute atomic E-state index is 11.6. The van der Waals surface area contributed by atoms with Gasteiger partial charge in [0, 0.05) is 19.6 Å². The van der Waals surface area contributed by atoms with Crippen LogP contribution in [0.5, 0.6) is 0 Å².